The fourth-order valence-corrected chi connectivity index (χ4v) is 1.97. The number of imidazole rings is 1. The number of nitrogen functional groups attached to an aromatic ring is 1. The lowest BCUT2D eigenvalue weighted by molar-refractivity contribution is -0.512. The first-order chi connectivity index (χ1) is 7.86. The monoisotopic (exact) mass is 289 g/mol. The molecule has 17 heavy (non-hydrogen) atoms. The van der Waals surface area contributed by atoms with Gasteiger partial charge in [0.1, 0.15) is 0 Å². The van der Waals surface area contributed by atoms with Crippen molar-refractivity contribution in [1.82, 2.24) is 4.68 Å². The Kier molecular flexibility index (Phi) is 3.15. The highest BCUT2D eigenvalue weighted by atomic mass is 79.9. The second kappa shape index (κ2) is 4.59. The molecule has 3 aromatic rings. The van der Waals surface area contributed by atoms with Gasteiger partial charge in [0.05, 0.1) is 6.20 Å². The van der Waals surface area contributed by atoms with Gasteiger partial charge in [0.2, 0.25) is 5.69 Å². The molecule has 0 amide bonds. The van der Waals surface area contributed by atoms with Crippen LogP contribution in [0.2, 0.25) is 0 Å². The molecule has 0 aliphatic heterocycles. The molecular formula is C13H12BrN3. The third kappa shape index (κ3) is 1.91. The van der Waals surface area contributed by atoms with E-state index in [0.717, 1.165) is 16.8 Å². The third-order valence-corrected chi connectivity index (χ3v) is 2.69. The molecule has 0 aliphatic rings. The maximum atomic E-state index is 5.98. The maximum Gasteiger partial charge on any atom is 0.272 e. The second-order valence-electron chi connectivity index (χ2n) is 3.73. The molecule has 0 unspecified atom stereocenters. The zero-order valence-electron chi connectivity index (χ0n) is 9.12. The lowest BCUT2D eigenvalue weighted by Crippen LogP contribution is -3.00. The van der Waals surface area contributed by atoms with Gasteiger partial charge in [-0.3, -0.25) is 5.84 Å². The molecule has 0 saturated carbocycles. The Morgan fingerprint density at radius 2 is 1.65 bits per heavy atom. The van der Waals surface area contributed by atoms with Crippen LogP contribution in [-0.2, 0) is 0 Å². The molecule has 0 spiro atoms. The standard InChI is InChI=1S/C13H12N3.BrH/c14-16-10-15-9-5-4-8-12(15)13(16)11-6-2-1-3-7-11;/h1-10H,14H2;1H/q+1;/p-1. The summed E-state index contributed by atoms with van der Waals surface area (Å²) in [6.45, 7) is 0. The third-order valence-electron chi connectivity index (χ3n) is 2.69. The van der Waals surface area contributed by atoms with Crippen LogP contribution in [0.3, 0.4) is 0 Å². The Balaban J connectivity index is 0.00000108. The summed E-state index contributed by atoms with van der Waals surface area (Å²) in [5, 5.41) is 0. The van der Waals surface area contributed by atoms with E-state index in [4.69, 9.17) is 5.84 Å². The SMILES string of the molecule is Nn1c[n+]2ccccc2c1-c1ccccc1.[Br-]. The highest BCUT2D eigenvalue weighted by Crippen LogP contribution is 2.20. The Labute approximate surface area is 110 Å². The highest BCUT2D eigenvalue weighted by Gasteiger charge is 2.16. The minimum absolute atomic E-state index is 0. The van der Waals surface area contributed by atoms with E-state index in [-0.39, 0.29) is 17.0 Å². The van der Waals surface area contributed by atoms with E-state index < -0.39 is 0 Å². The maximum absolute atomic E-state index is 5.98. The molecule has 2 aromatic heterocycles. The number of nitrogens with zero attached hydrogens (tertiary/aromatic N) is 2. The van der Waals surface area contributed by atoms with Crippen molar-refractivity contribution >= 4 is 5.52 Å². The summed E-state index contributed by atoms with van der Waals surface area (Å²) in [6.07, 6.45) is 3.86. The van der Waals surface area contributed by atoms with Crippen LogP contribution in [0.25, 0.3) is 16.8 Å². The predicted octanol–water partition coefficient (Wildman–Crippen LogP) is -1.39. The summed E-state index contributed by atoms with van der Waals surface area (Å²) in [7, 11) is 0. The molecule has 0 bridgehead atoms. The molecule has 0 saturated heterocycles. The van der Waals surface area contributed by atoms with Crippen molar-refractivity contribution in [3.05, 3.63) is 61.1 Å². The lowest BCUT2D eigenvalue weighted by atomic mass is 10.1. The summed E-state index contributed by atoms with van der Waals surface area (Å²) in [5.41, 5.74) is 3.26. The van der Waals surface area contributed by atoms with Crippen LogP contribution < -0.4 is 27.2 Å². The van der Waals surface area contributed by atoms with Gasteiger partial charge in [0.15, 0.2) is 5.52 Å². The van der Waals surface area contributed by atoms with E-state index in [0.29, 0.717) is 0 Å². The van der Waals surface area contributed by atoms with Gasteiger partial charge >= 0.3 is 0 Å². The van der Waals surface area contributed by atoms with E-state index in [9.17, 15) is 0 Å². The highest BCUT2D eigenvalue weighted by molar-refractivity contribution is 5.74. The van der Waals surface area contributed by atoms with Crippen LogP contribution >= 0.6 is 0 Å². The van der Waals surface area contributed by atoms with Gasteiger partial charge in [0, 0.05) is 5.56 Å². The molecule has 0 atom stereocenters. The molecule has 2 heterocycles. The van der Waals surface area contributed by atoms with Crippen LogP contribution in [0.5, 0.6) is 0 Å². The number of hydrogen-bond donors (Lipinski definition) is 1. The number of fused-ring (bicyclic) bond motifs is 1. The number of benzene rings is 1. The predicted molar refractivity (Wildman–Crippen MR) is 63.2 cm³/mol. The molecule has 1 aromatic carbocycles. The fraction of sp³-hybridized carbons (Fsp3) is 0. The van der Waals surface area contributed by atoms with E-state index >= 15 is 0 Å². The molecular weight excluding hydrogens is 278 g/mol. The minimum atomic E-state index is 0. The summed E-state index contributed by atoms with van der Waals surface area (Å²) in [5.74, 6) is 5.98. The van der Waals surface area contributed by atoms with Crippen molar-refractivity contribution in [3.8, 4) is 11.3 Å². The quantitative estimate of drug-likeness (QED) is 0.435. The van der Waals surface area contributed by atoms with Crippen LogP contribution in [0.15, 0.2) is 61.1 Å². The average molecular weight is 290 g/mol. The number of nitrogens with two attached hydrogens (primary N) is 1. The van der Waals surface area contributed by atoms with Gasteiger partial charge in [-0.05, 0) is 12.1 Å². The lowest BCUT2D eigenvalue weighted by Gasteiger charge is -1.95. The Bertz CT molecular complexity index is 631. The zero-order valence-corrected chi connectivity index (χ0v) is 10.7. The van der Waals surface area contributed by atoms with Crippen molar-refractivity contribution in [3.63, 3.8) is 0 Å². The molecule has 0 fully saturated rings. The van der Waals surface area contributed by atoms with Gasteiger partial charge in [-0.2, -0.15) is 4.40 Å². The molecule has 2 N–H and O–H groups in total. The number of rotatable bonds is 1. The van der Waals surface area contributed by atoms with E-state index in [1.54, 1.807) is 4.68 Å². The second-order valence-corrected chi connectivity index (χ2v) is 3.73. The molecule has 3 nitrogen and oxygen atoms in total. The number of halogens is 1. The summed E-state index contributed by atoms with van der Waals surface area (Å²) >= 11 is 0. The number of hydrogen-bond acceptors (Lipinski definition) is 1. The van der Waals surface area contributed by atoms with Crippen molar-refractivity contribution < 1.29 is 21.4 Å². The van der Waals surface area contributed by atoms with Crippen LogP contribution in [0.4, 0.5) is 0 Å². The van der Waals surface area contributed by atoms with Crippen molar-refractivity contribution in [1.29, 1.82) is 0 Å². The molecule has 3 rings (SSSR count). The molecule has 86 valence electrons. The van der Waals surface area contributed by atoms with Crippen LogP contribution in [0.1, 0.15) is 0 Å². The summed E-state index contributed by atoms with van der Waals surface area (Å²) in [6, 6.07) is 16.2. The fourth-order valence-electron chi connectivity index (χ4n) is 1.97. The van der Waals surface area contributed by atoms with E-state index in [1.165, 1.54) is 0 Å². The molecule has 0 aliphatic carbocycles. The molecule has 4 heteroatoms. The minimum Gasteiger partial charge on any atom is -1.00 e. The molecule has 0 radical (unpaired) electrons. The van der Waals surface area contributed by atoms with Gasteiger partial charge in [0.25, 0.3) is 6.33 Å². The largest absolute Gasteiger partial charge is 1.00 e. The van der Waals surface area contributed by atoms with Crippen LogP contribution in [-0.4, -0.2) is 4.68 Å². The van der Waals surface area contributed by atoms with Crippen LogP contribution in [0, 0.1) is 0 Å². The summed E-state index contributed by atoms with van der Waals surface area (Å²) in [4.78, 5) is 0. The summed E-state index contributed by atoms with van der Waals surface area (Å²) < 4.78 is 3.67. The first kappa shape index (κ1) is 11.7. The number of pyridine rings is 1. The first-order valence-electron chi connectivity index (χ1n) is 5.18. The van der Waals surface area contributed by atoms with E-state index in [2.05, 4.69) is 18.2 Å². The van der Waals surface area contributed by atoms with Crippen molar-refractivity contribution in [2.45, 2.75) is 0 Å². The topological polar surface area (TPSA) is 35.0 Å². The number of aromatic nitrogens is 2. The van der Waals surface area contributed by atoms with Gasteiger partial charge in [-0.25, -0.2) is 0 Å². The van der Waals surface area contributed by atoms with Gasteiger partial charge in [-0.1, -0.05) is 36.4 Å². The van der Waals surface area contributed by atoms with Gasteiger partial charge < -0.3 is 17.0 Å². The Morgan fingerprint density at radius 3 is 2.41 bits per heavy atom. The Morgan fingerprint density at radius 1 is 0.941 bits per heavy atom. The first-order valence-corrected chi connectivity index (χ1v) is 5.18. The zero-order chi connectivity index (χ0) is 11.0. The van der Waals surface area contributed by atoms with Crippen molar-refractivity contribution in [2.24, 2.45) is 0 Å². The average Bonchev–Trinajstić information content (AvgIpc) is 2.66. The van der Waals surface area contributed by atoms with Crippen molar-refractivity contribution in [2.75, 3.05) is 5.84 Å². The Hall–Kier alpha value is -1.81. The van der Waals surface area contributed by atoms with Gasteiger partial charge in [-0.15, -0.1) is 4.68 Å². The smallest absolute Gasteiger partial charge is 0.272 e. The van der Waals surface area contributed by atoms with E-state index in [1.807, 2.05) is 47.3 Å². The normalized spacial score (nSPS) is 10.1.